The second-order valence-electron chi connectivity index (χ2n) is 15.5. The van der Waals surface area contributed by atoms with Crippen molar-refractivity contribution in [1.82, 2.24) is 24.5 Å². The number of amides is 3. The molecular formula is C42H38F3N7O7S. The van der Waals surface area contributed by atoms with E-state index in [1.165, 1.54) is 11.1 Å². The van der Waals surface area contributed by atoms with Crippen LogP contribution in [0.25, 0.3) is 22.2 Å². The number of hydrogen-bond donors (Lipinski definition) is 3. The van der Waals surface area contributed by atoms with Gasteiger partial charge in [-0.05, 0) is 78.9 Å². The Morgan fingerprint density at radius 3 is 2.53 bits per heavy atom. The van der Waals surface area contributed by atoms with E-state index < -0.39 is 63.5 Å². The molecule has 1 unspecified atom stereocenters. The number of rotatable bonds is 11. The summed E-state index contributed by atoms with van der Waals surface area (Å²) in [4.78, 5) is 61.8. The van der Waals surface area contributed by atoms with Gasteiger partial charge in [0, 0.05) is 85.2 Å². The van der Waals surface area contributed by atoms with Gasteiger partial charge in [-0.1, -0.05) is 12.1 Å². The van der Waals surface area contributed by atoms with E-state index in [1.54, 1.807) is 24.4 Å². The number of anilines is 2. The van der Waals surface area contributed by atoms with E-state index in [9.17, 15) is 32.0 Å². The molecule has 14 nitrogen and oxygen atoms in total. The number of alkyl halides is 1. The Labute approximate surface area is 341 Å². The normalized spacial score (nSPS) is 20.9. The third-order valence-corrected chi connectivity index (χ3v) is 13.1. The van der Waals surface area contributed by atoms with Crippen LogP contribution in [-0.2, 0) is 26.3 Å². The van der Waals surface area contributed by atoms with Gasteiger partial charge in [0.05, 0.1) is 17.9 Å². The molecule has 0 spiro atoms. The van der Waals surface area contributed by atoms with E-state index in [2.05, 4.69) is 20.2 Å². The van der Waals surface area contributed by atoms with Gasteiger partial charge in [-0.25, -0.2) is 18.2 Å². The van der Waals surface area contributed by atoms with Crippen LogP contribution in [0.1, 0.15) is 57.5 Å². The number of nitrogens with zero attached hydrogens (tertiary/aromatic N) is 4. The number of fused-ring (bicyclic) bond motifs is 2. The van der Waals surface area contributed by atoms with E-state index in [1.807, 2.05) is 35.1 Å². The number of nitrogens with one attached hydrogen (secondary N) is 3. The quantitative estimate of drug-likeness (QED) is 0.121. The van der Waals surface area contributed by atoms with Gasteiger partial charge in [0.25, 0.3) is 5.91 Å². The fraction of sp³-hybridized carbons (Fsp3) is 0.310. The number of carbonyl (C=O) groups is 4. The summed E-state index contributed by atoms with van der Waals surface area (Å²) >= 11 is 0. The Morgan fingerprint density at radius 2 is 1.77 bits per heavy atom. The van der Waals surface area contributed by atoms with Crippen LogP contribution >= 0.6 is 0 Å². The lowest BCUT2D eigenvalue weighted by molar-refractivity contribution is -0.136. The lowest BCUT2D eigenvalue weighted by Crippen LogP contribution is -2.52. The number of ketones is 1. The molecule has 18 heteroatoms. The van der Waals surface area contributed by atoms with Crippen molar-refractivity contribution in [2.24, 2.45) is 5.92 Å². The van der Waals surface area contributed by atoms with Crippen molar-refractivity contribution in [3.8, 4) is 16.9 Å². The largest absolute Gasteiger partial charge is 0.493 e. The minimum absolute atomic E-state index is 0.00423. The number of piperidine rings is 1. The Balaban J connectivity index is 0.842. The number of halogens is 3. The van der Waals surface area contributed by atoms with Crippen LogP contribution in [0.4, 0.5) is 24.5 Å². The Kier molecular flexibility index (Phi) is 10.1. The summed E-state index contributed by atoms with van der Waals surface area (Å²) in [5, 5.41) is 2.62. The minimum Gasteiger partial charge on any atom is -0.493 e. The summed E-state index contributed by atoms with van der Waals surface area (Å²) in [6.45, 7) is 1.80. The van der Waals surface area contributed by atoms with Gasteiger partial charge in [0.2, 0.25) is 17.6 Å². The molecule has 0 bridgehead atoms. The number of carbonyl (C=O) groups excluding carboxylic acids is 4. The summed E-state index contributed by atoms with van der Waals surface area (Å²) in [6, 6.07) is 15.8. The van der Waals surface area contributed by atoms with Gasteiger partial charge in [-0.15, -0.1) is 0 Å². The lowest BCUT2D eigenvalue weighted by atomic mass is 9.99. The summed E-state index contributed by atoms with van der Waals surface area (Å²) in [5.74, 6) is -3.75. The molecule has 0 aliphatic carbocycles. The molecule has 0 radical (unpaired) electrons. The average molecular weight is 842 g/mol. The molecule has 2 aromatic heterocycles. The van der Waals surface area contributed by atoms with Gasteiger partial charge in [-0.2, -0.15) is 12.7 Å². The van der Waals surface area contributed by atoms with Crippen LogP contribution in [0, 0.1) is 17.6 Å². The predicted molar refractivity (Wildman–Crippen MR) is 213 cm³/mol. The highest BCUT2D eigenvalue weighted by Crippen LogP contribution is 2.34. The standard InChI is InChI=1S/C42H38F3N7O7S/c43-27-12-14-51(21-27)60(57,58)49-34-8-7-33(44)37(38(34)45)39(54)32-18-47-40-31(32)16-25(17-46-40)24-1-3-28(4-2-24)50-13-11-23(19-50)22-59-29-5-6-30-26(15-29)20-52(42(30)56)35-9-10-36(53)48-41(35)55/h1-8,15-18,23,27,35,49H,9-14,19-22H2,(H,46,47)(H,48,53,55)/t23-,27-,35?/m1/s1. The van der Waals surface area contributed by atoms with Crippen molar-refractivity contribution in [2.45, 2.75) is 44.4 Å². The maximum Gasteiger partial charge on any atom is 0.301 e. The first kappa shape index (κ1) is 39.2. The van der Waals surface area contributed by atoms with Crippen molar-refractivity contribution in [2.75, 3.05) is 42.4 Å². The maximum atomic E-state index is 15.7. The van der Waals surface area contributed by atoms with Crippen molar-refractivity contribution < 1.29 is 45.5 Å². The first-order valence-corrected chi connectivity index (χ1v) is 20.9. The SMILES string of the molecule is O=C1CCC(N2Cc3cc(OC[C@@H]4CCN(c5ccc(-c6cnc7[nH]cc(C(=O)c8c(F)ccc(NS(=O)(=O)N9CC[C@@H](F)C9)c8F)c7c6)cc5)C4)ccc3C2=O)C(=O)N1. The monoisotopic (exact) mass is 841 g/mol. The third-order valence-electron chi connectivity index (χ3n) is 11.6. The number of benzene rings is 3. The lowest BCUT2D eigenvalue weighted by Gasteiger charge is -2.29. The molecule has 4 aliphatic heterocycles. The first-order valence-electron chi connectivity index (χ1n) is 19.5. The number of aromatic nitrogens is 2. The summed E-state index contributed by atoms with van der Waals surface area (Å²) in [7, 11) is -4.36. The number of imide groups is 1. The predicted octanol–water partition coefficient (Wildman–Crippen LogP) is 5.11. The van der Waals surface area contributed by atoms with Crippen LogP contribution < -0.4 is 19.7 Å². The Morgan fingerprint density at radius 1 is 0.950 bits per heavy atom. The van der Waals surface area contributed by atoms with Gasteiger partial charge >= 0.3 is 10.2 Å². The van der Waals surface area contributed by atoms with Crippen molar-refractivity contribution >= 4 is 56.1 Å². The highest BCUT2D eigenvalue weighted by molar-refractivity contribution is 7.90. The van der Waals surface area contributed by atoms with Gasteiger partial charge in [-0.3, -0.25) is 29.2 Å². The van der Waals surface area contributed by atoms with Crippen LogP contribution in [0.15, 0.2) is 73.1 Å². The van der Waals surface area contributed by atoms with E-state index in [4.69, 9.17) is 4.74 Å². The number of aromatic amines is 1. The van der Waals surface area contributed by atoms with E-state index in [0.29, 0.717) is 40.9 Å². The van der Waals surface area contributed by atoms with Gasteiger partial charge < -0.3 is 19.5 Å². The summed E-state index contributed by atoms with van der Waals surface area (Å²) in [6.07, 6.45) is 2.93. The molecule has 6 heterocycles. The Bertz CT molecular complexity index is 2690. The number of hydrogen-bond acceptors (Lipinski definition) is 9. The number of ether oxygens (including phenoxy) is 1. The molecule has 310 valence electrons. The molecule has 3 saturated heterocycles. The van der Waals surface area contributed by atoms with Gasteiger partial charge in [0.1, 0.15) is 29.4 Å². The molecule has 9 rings (SSSR count). The molecule has 3 N–H and O–H groups in total. The number of pyridine rings is 1. The fourth-order valence-corrected chi connectivity index (χ4v) is 9.62. The molecule has 5 aromatic rings. The van der Waals surface area contributed by atoms with Crippen LogP contribution in [0.5, 0.6) is 5.75 Å². The van der Waals surface area contributed by atoms with Crippen LogP contribution in [0.3, 0.4) is 0 Å². The molecule has 3 atom stereocenters. The topological polar surface area (TPSA) is 174 Å². The molecule has 3 aromatic carbocycles. The molecule has 0 saturated carbocycles. The second kappa shape index (κ2) is 15.4. The smallest absolute Gasteiger partial charge is 0.301 e. The highest BCUT2D eigenvalue weighted by Gasteiger charge is 2.39. The highest BCUT2D eigenvalue weighted by atomic mass is 32.2. The van der Waals surface area contributed by atoms with E-state index in [-0.39, 0.29) is 49.2 Å². The van der Waals surface area contributed by atoms with Crippen molar-refractivity contribution in [1.29, 1.82) is 0 Å². The zero-order chi connectivity index (χ0) is 41.9. The average Bonchev–Trinajstić information content (AvgIpc) is 4.05. The second-order valence-corrected chi connectivity index (χ2v) is 17.1. The molecule has 4 aliphatic rings. The number of H-pyrrole nitrogens is 1. The van der Waals surface area contributed by atoms with Crippen molar-refractivity contribution in [3.05, 3.63) is 107 Å². The minimum atomic E-state index is -4.36. The fourth-order valence-electron chi connectivity index (χ4n) is 8.36. The summed E-state index contributed by atoms with van der Waals surface area (Å²) in [5.41, 5.74) is 2.36. The zero-order valence-corrected chi connectivity index (χ0v) is 32.7. The molecular weight excluding hydrogens is 804 g/mol. The van der Waals surface area contributed by atoms with Crippen LogP contribution in [0.2, 0.25) is 0 Å². The van der Waals surface area contributed by atoms with E-state index >= 15 is 8.78 Å². The van der Waals surface area contributed by atoms with E-state index in [0.717, 1.165) is 52.8 Å². The maximum absolute atomic E-state index is 15.7. The van der Waals surface area contributed by atoms with Crippen LogP contribution in [-0.4, -0.2) is 96.1 Å². The van der Waals surface area contributed by atoms with Gasteiger partial charge in [0.15, 0.2) is 5.82 Å². The Hall–Kier alpha value is -6.27. The third kappa shape index (κ3) is 7.33. The zero-order valence-electron chi connectivity index (χ0n) is 31.9. The van der Waals surface area contributed by atoms with Crippen molar-refractivity contribution in [3.63, 3.8) is 0 Å². The summed E-state index contributed by atoms with van der Waals surface area (Å²) < 4.78 is 79.1. The molecule has 60 heavy (non-hydrogen) atoms. The first-order chi connectivity index (χ1) is 28.8. The molecule has 3 fully saturated rings. The molecule has 3 amide bonds.